The second-order valence-corrected chi connectivity index (χ2v) is 6.51. The lowest BCUT2D eigenvalue weighted by Gasteiger charge is -2.36. The van der Waals surface area contributed by atoms with Crippen LogP contribution in [0.25, 0.3) is 0 Å². The van der Waals surface area contributed by atoms with Crippen LogP contribution in [-0.2, 0) is 4.79 Å². The van der Waals surface area contributed by atoms with E-state index in [1.165, 1.54) is 24.1 Å². The van der Waals surface area contributed by atoms with E-state index in [-0.39, 0.29) is 0 Å². The fourth-order valence-corrected chi connectivity index (χ4v) is 3.43. The van der Waals surface area contributed by atoms with Crippen molar-refractivity contribution in [2.24, 2.45) is 0 Å². The topological polar surface area (TPSA) is 26.8 Å². The molecule has 22 heavy (non-hydrogen) atoms. The van der Waals surface area contributed by atoms with Gasteiger partial charge in [0.25, 0.3) is 0 Å². The Balaban J connectivity index is 1.43. The molecule has 1 amide bonds. The zero-order valence-electron chi connectivity index (χ0n) is 13.6. The third-order valence-electron chi connectivity index (χ3n) is 4.84. The Labute approximate surface area is 133 Å². The number of piperazine rings is 1. The molecular weight excluding hydrogens is 274 g/mol. The van der Waals surface area contributed by atoms with Gasteiger partial charge in [0.1, 0.15) is 0 Å². The Morgan fingerprint density at radius 1 is 1.05 bits per heavy atom. The number of hydrogen-bond acceptors (Lipinski definition) is 3. The van der Waals surface area contributed by atoms with Gasteiger partial charge in [-0.15, -0.1) is 0 Å². The summed E-state index contributed by atoms with van der Waals surface area (Å²) < 4.78 is 0. The van der Waals surface area contributed by atoms with E-state index in [1.54, 1.807) is 0 Å². The molecule has 0 bridgehead atoms. The van der Waals surface area contributed by atoms with Gasteiger partial charge in [-0.3, -0.25) is 9.69 Å². The minimum absolute atomic E-state index is 0.346. The maximum atomic E-state index is 12.1. The van der Waals surface area contributed by atoms with Crippen LogP contribution in [0, 0.1) is 6.92 Å². The number of amides is 1. The van der Waals surface area contributed by atoms with Crippen LogP contribution in [0.15, 0.2) is 24.3 Å². The number of benzene rings is 1. The van der Waals surface area contributed by atoms with Crippen molar-refractivity contribution in [1.29, 1.82) is 0 Å². The summed E-state index contributed by atoms with van der Waals surface area (Å²) in [5.74, 6) is 0.346. The Kier molecular flexibility index (Phi) is 4.98. The van der Waals surface area contributed by atoms with Crippen LogP contribution < -0.4 is 4.90 Å². The summed E-state index contributed by atoms with van der Waals surface area (Å²) in [5, 5.41) is 0. The van der Waals surface area contributed by atoms with Gasteiger partial charge in [-0.2, -0.15) is 0 Å². The highest BCUT2D eigenvalue weighted by Crippen LogP contribution is 2.18. The molecule has 4 heteroatoms. The Bertz CT molecular complexity index is 503. The molecule has 1 aromatic carbocycles. The minimum atomic E-state index is 0.346. The van der Waals surface area contributed by atoms with E-state index in [9.17, 15) is 4.79 Å². The fraction of sp³-hybridized carbons (Fsp3) is 0.611. The van der Waals surface area contributed by atoms with Gasteiger partial charge in [-0.05, 0) is 37.5 Å². The highest BCUT2D eigenvalue weighted by molar-refractivity contribution is 5.76. The van der Waals surface area contributed by atoms with Crippen molar-refractivity contribution in [2.75, 3.05) is 50.7 Å². The molecule has 1 aromatic rings. The first kappa shape index (κ1) is 15.3. The SMILES string of the molecule is Cc1cccc(N2CCN(CCC(=O)N3CCCC3)CC2)c1. The van der Waals surface area contributed by atoms with Gasteiger partial charge in [0.2, 0.25) is 5.91 Å². The number of anilines is 1. The van der Waals surface area contributed by atoms with E-state index in [2.05, 4.69) is 41.0 Å². The quantitative estimate of drug-likeness (QED) is 0.852. The summed E-state index contributed by atoms with van der Waals surface area (Å²) in [5.41, 5.74) is 2.64. The predicted molar refractivity (Wildman–Crippen MR) is 90.3 cm³/mol. The molecule has 0 aromatic heterocycles. The summed E-state index contributed by atoms with van der Waals surface area (Å²) in [6.45, 7) is 9.23. The standard InChI is InChI=1S/C18H27N3O/c1-16-5-4-6-17(15-16)20-13-11-19(12-14-20)10-7-18(22)21-8-2-3-9-21/h4-6,15H,2-3,7-14H2,1H3. The average molecular weight is 301 g/mol. The second-order valence-electron chi connectivity index (χ2n) is 6.51. The number of carbonyl (C=O) groups is 1. The van der Waals surface area contributed by atoms with Gasteiger partial charge < -0.3 is 9.80 Å². The molecule has 2 aliphatic heterocycles. The number of aryl methyl sites for hydroxylation is 1. The van der Waals surface area contributed by atoms with E-state index in [0.29, 0.717) is 12.3 Å². The average Bonchev–Trinajstić information content (AvgIpc) is 3.08. The summed E-state index contributed by atoms with van der Waals surface area (Å²) in [7, 11) is 0. The Morgan fingerprint density at radius 3 is 2.45 bits per heavy atom. The summed E-state index contributed by atoms with van der Waals surface area (Å²) in [4.78, 5) is 19.0. The number of rotatable bonds is 4. The summed E-state index contributed by atoms with van der Waals surface area (Å²) in [6, 6.07) is 8.72. The number of likely N-dealkylation sites (tertiary alicyclic amines) is 1. The Hall–Kier alpha value is -1.55. The lowest BCUT2D eigenvalue weighted by molar-refractivity contribution is -0.130. The first-order chi connectivity index (χ1) is 10.7. The maximum Gasteiger partial charge on any atom is 0.223 e. The van der Waals surface area contributed by atoms with Crippen LogP contribution in [0.3, 0.4) is 0 Å². The van der Waals surface area contributed by atoms with Gasteiger partial charge in [0, 0.05) is 57.9 Å². The highest BCUT2D eigenvalue weighted by Gasteiger charge is 2.21. The first-order valence-corrected chi connectivity index (χ1v) is 8.54. The van der Waals surface area contributed by atoms with Gasteiger partial charge in [0.05, 0.1) is 0 Å². The van der Waals surface area contributed by atoms with Crippen molar-refractivity contribution < 1.29 is 4.79 Å². The third-order valence-corrected chi connectivity index (χ3v) is 4.84. The number of carbonyl (C=O) groups excluding carboxylic acids is 1. The molecule has 2 heterocycles. The van der Waals surface area contributed by atoms with Crippen molar-refractivity contribution in [2.45, 2.75) is 26.2 Å². The Morgan fingerprint density at radius 2 is 1.77 bits per heavy atom. The lowest BCUT2D eigenvalue weighted by atomic mass is 10.2. The van der Waals surface area contributed by atoms with Crippen molar-refractivity contribution in [3.8, 4) is 0 Å². The smallest absolute Gasteiger partial charge is 0.223 e. The van der Waals surface area contributed by atoms with Crippen molar-refractivity contribution in [3.05, 3.63) is 29.8 Å². The van der Waals surface area contributed by atoms with Gasteiger partial charge in [0.15, 0.2) is 0 Å². The summed E-state index contributed by atoms with van der Waals surface area (Å²) in [6.07, 6.45) is 3.05. The molecule has 0 saturated carbocycles. The zero-order valence-corrected chi connectivity index (χ0v) is 13.6. The maximum absolute atomic E-state index is 12.1. The molecule has 120 valence electrons. The molecular formula is C18H27N3O. The molecule has 0 unspecified atom stereocenters. The molecule has 0 atom stereocenters. The van der Waals surface area contributed by atoms with Gasteiger partial charge in [-0.1, -0.05) is 12.1 Å². The van der Waals surface area contributed by atoms with E-state index >= 15 is 0 Å². The van der Waals surface area contributed by atoms with E-state index in [0.717, 1.165) is 45.8 Å². The molecule has 0 spiro atoms. The number of hydrogen-bond donors (Lipinski definition) is 0. The third kappa shape index (κ3) is 3.80. The molecule has 2 saturated heterocycles. The first-order valence-electron chi connectivity index (χ1n) is 8.54. The van der Waals surface area contributed by atoms with Crippen LogP contribution in [0.4, 0.5) is 5.69 Å². The van der Waals surface area contributed by atoms with E-state index < -0.39 is 0 Å². The van der Waals surface area contributed by atoms with Gasteiger partial charge in [-0.25, -0.2) is 0 Å². The second kappa shape index (κ2) is 7.14. The minimum Gasteiger partial charge on any atom is -0.369 e. The van der Waals surface area contributed by atoms with Crippen molar-refractivity contribution in [3.63, 3.8) is 0 Å². The van der Waals surface area contributed by atoms with Gasteiger partial charge >= 0.3 is 0 Å². The van der Waals surface area contributed by atoms with Crippen molar-refractivity contribution >= 4 is 11.6 Å². The van der Waals surface area contributed by atoms with Crippen molar-refractivity contribution in [1.82, 2.24) is 9.80 Å². The monoisotopic (exact) mass is 301 g/mol. The van der Waals surface area contributed by atoms with Crippen LogP contribution >= 0.6 is 0 Å². The molecule has 0 aliphatic carbocycles. The summed E-state index contributed by atoms with van der Waals surface area (Å²) >= 11 is 0. The predicted octanol–water partition coefficient (Wildman–Crippen LogP) is 2.13. The van der Waals surface area contributed by atoms with Crippen LogP contribution in [0.2, 0.25) is 0 Å². The van der Waals surface area contributed by atoms with E-state index in [1.807, 2.05) is 4.90 Å². The van der Waals surface area contributed by atoms with Crippen LogP contribution in [0.5, 0.6) is 0 Å². The van der Waals surface area contributed by atoms with Crippen LogP contribution in [0.1, 0.15) is 24.8 Å². The molecule has 2 aliphatic rings. The molecule has 0 radical (unpaired) electrons. The zero-order chi connectivity index (χ0) is 15.4. The number of nitrogens with zero attached hydrogens (tertiary/aromatic N) is 3. The largest absolute Gasteiger partial charge is 0.369 e. The van der Waals surface area contributed by atoms with E-state index in [4.69, 9.17) is 0 Å². The molecule has 3 rings (SSSR count). The molecule has 0 N–H and O–H groups in total. The molecule has 4 nitrogen and oxygen atoms in total. The highest BCUT2D eigenvalue weighted by atomic mass is 16.2. The fourth-order valence-electron chi connectivity index (χ4n) is 3.43. The van der Waals surface area contributed by atoms with Crippen LogP contribution in [-0.4, -0.2) is 61.5 Å². The lowest BCUT2D eigenvalue weighted by Crippen LogP contribution is -2.47. The molecule has 2 fully saturated rings. The normalized spacial score (nSPS) is 19.7.